The third-order valence-electron chi connectivity index (χ3n) is 2.35. The zero-order valence-electron chi connectivity index (χ0n) is 9.44. The third kappa shape index (κ3) is 3.77. The van der Waals surface area contributed by atoms with Gasteiger partial charge in [-0.2, -0.15) is 0 Å². The minimum absolute atomic E-state index is 0.252. The van der Waals surface area contributed by atoms with E-state index in [0.717, 1.165) is 30.4 Å². The van der Waals surface area contributed by atoms with Crippen LogP contribution < -0.4 is 5.73 Å². The summed E-state index contributed by atoms with van der Waals surface area (Å²) in [6, 6.07) is 5.13. The lowest BCUT2D eigenvalue weighted by atomic mass is 10.0. The van der Waals surface area contributed by atoms with Crippen molar-refractivity contribution in [2.45, 2.75) is 26.2 Å². The molecule has 3 heteroatoms. The lowest BCUT2D eigenvalue weighted by Crippen LogP contribution is -2.05. The average molecular weight is 219 g/mol. The molecule has 3 N–H and O–H groups in total. The molecule has 1 rings (SSSR count). The molecule has 0 saturated heterocycles. The van der Waals surface area contributed by atoms with Gasteiger partial charge in [0, 0.05) is 6.08 Å². The fourth-order valence-electron chi connectivity index (χ4n) is 1.51. The number of aryl methyl sites for hydroxylation is 1. The maximum atomic E-state index is 10.7. The number of amides is 1. The Morgan fingerprint density at radius 3 is 2.88 bits per heavy atom. The van der Waals surface area contributed by atoms with Gasteiger partial charge in [0.1, 0.15) is 5.75 Å². The van der Waals surface area contributed by atoms with E-state index in [9.17, 15) is 9.90 Å². The summed E-state index contributed by atoms with van der Waals surface area (Å²) in [7, 11) is 0. The van der Waals surface area contributed by atoms with Crippen LogP contribution in [0.5, 0.6) is 5.75 Å². The van der Waals surface area contributed by atoms with Crippen LogP contribution in [0.2, 0.25) is 0 Å². The Labute approximate surface area is 95.6 Å². The topological polar surface area (TPSA) is 63.3 Å². The van der Waals surface area contributed by atoms with Crippen molar-refractivity contribution in [2.75, 3.05) is 0 Å². The Morgan fingerprint density at radius 1 is 1.50 bits per heavy atom. The Kier molecular flexibility index (Phi) is 4.58. The van der Waals surface area contributed by atoms with E-state index in [1.54, 1.807) is 24.3 Å². The molecule has 16 heavy (non-hydrogen) atoms. The number of carbonyl (C=O) groups is 1. The molecule has 0 atom stereocenters. The number of rotatable bonds is 5. The summed E-state index contributed by atoms with van der Waals surface area (Å²) < 4.78 is 0. The highest BCUT2D eigenvalue weighted by molar-refractivity contribution is 5.90. The molecule has 0 unspecified atom stereocenters. The maximum absolute atomic E-state index is 10.7. The van der Waals surface area contributed by atoms with E-state index >= 15 is 0 Å². The first-order valence-electron chi connectivity index (χ1n) is 5.43. The van der Waals surface area contributed by atoms with Gasteiger partial charge in [0.25, 0.3) is 0 Å². The van der Waals surface area contributed by atoms with Gasteiger partial charge in [-0.25, -0.2) is 0 Å². The minimum Gasteiger partial charge on any atom is -0.508 e. The smallest absolute Gasteiger partial charge is 0.241 e. The van der Waals surface area contributed by atoms with E-state index in [1.165, 1.54) is 6.08 Å². The Morgan fingerprint density at radius 2 is 2.25 bits per heavy atom. The van der Waals surface area contributed by atoms with Crippen LogP contribution in [0, 0.1) is 0 Å². The van der Waals surface area contributed by atoms with E-state index in [4.69, 9.17) is 5.73 Å². The zero-order chi connectivity index (χ0) is 12.0. The number of carbonyl (C=O) groups excluding carboxylic acids is 1. The fourth-order valence-corrected chi connectivity index (χ4v) is 1.51. The van der Waals surface area contributed by atoms with Crippen molar-refractivity contribution in [1.82, 2.24) is 0 Å². The molecule has 1 aromatic carbocycles. The van der Waals surface area contributed by atoms with Crippen molar-refractivity contribution in [3.05, 3.63) is 35.4 Å². The highest BCUT2D eigenvalue weighted by Crippen LogP contribution is 2.19. The van der Waals surface area contributed by atoms with Gasteiger partial charge >= 0.3 is 0 Å². The predicted molar refractivity (Wildman–Crippen MR) is 64.9 cm³/mol. The van der Waals surface area contributed by atoms with Crippen molar-refractivity contribution in [3.63, 3.8) is 0 Å². The summed E-state index contributed by atoms with van der Waals surface area (Å²) in [5.41, 5.74) is 7.02. The van der Waals surface area contributed by atoms with Crippen LogP contribution in [0.25, 0.3) is 6.08 Å². The summed E-state index contributed by atoms with van der Waals surface area (Å²) in [5, 5.41) is 9.40. The van der Waals surface area contributed by atoms with Crippen LogP contribution in [0.3, 0.4) is 0 Å². The third-order valence-corrected chi connectivity index (χ3v) is 2.35. The van der Waals surface area contributed by atoms with Gasteiger partial charge in [-0.15, -0.1) is 0 Å². The number of primary amides is 1. The molecule has 0 fully saturated rings. The van der Waals surface area contributed by atoms with Crippen LogP contribution >= 0.6 is 0 Å². The highest BCUT2D eigenvalue weighted by atomic mass is 16.3. The molecule has 0 aliphatic carbocycles. The number of unbranched alkanes of at least 4 members (excludes halogenated alkanes) is 1. The summed E-state index contributed by atoms with van der Waals surface area (Å²) >= 11 is 0. The second kappa shape index (κ2) is 5.95. The molecule has 0 heterocycles. The Balaban J connectivity index is 2.92. The van der Waals surface area contributed by atoms with Gasteiger partial charge in [0.05, 0.1) is 0 Å². The number of aromatic hydroxyl groups is 1. The summed E-state index contributed by atoms with van der Waals surface area (Å²) in [5.74, 6) is -0.211. The minimum atomic E-state index is -0.463. The Bertz CT molecular complexity index is 397. The summed E-state index contributed by atoms with van der Waals surface area (Å²) in [6.07, 6.45) is 6.06. The second-order valence-electron chi connectivity index (χ2n) is 3.72. The first-order valence-corrected chi connectivity index (χ1v) is 5.43. The molecular formula is C13H17NO2. The normalized spacial score (nSPS) is 10.8. The standard InChI is InChI=1S/C13H17NO2/c1-2-3-4-11-9-12(15)7-5-10(11)6-8-13(14)16/h5-9,15H,2-4H2,1H3,(H2,14,16)/b8-6+. The van der Waals surface area contributed by atoms with Crippen molar-refractivity contribution < 1.29 is 9.90 Å². The molecule has 0 spiro atoms. The van der Waals surface area contributed by atoms with Gasteiger partial charge in [0.2, 0.25) is 5.91 Å². The van der Waals surface area contributed by atoms with E-state index in [0.29, 0.717) is 0 Å². The number of hydrogen-bond donors (Lipinski definition) is 2. The van der Waals surface area contributed by atoms with E-state index in [-0.39, 0.29) is 5.75 Å². The second-order valence-corrected chi connectivity index (χ2v) is 3.72. The largest absolute Gasteiger partial charge is 0.508 e. The zero-order valence-corrected chi connectivity index (χ0v) is 9.44. The van der Waals surface area contributed by atoms with Crippen LogP contribution in [0.15, 0.2) is 24.3 Å². The lowest BCUT2D eigenvalue weighted by Gasteiger charge is -2.05. The lowest BCUT2D eigenvalue weighted by molar-refractivity contribution is -0.113. The van der Waals surface area contributed by atoms with Crippen molar-refractivity contribution >= 4 is 12.0 Å². The van der Waals surface area contributed by atoms with Crippen molar-refractivity contribution in [2.24, 2.45) is 5.73 Å². The molecule has 0 bridgehead atoms. The molecule has 0 saturated carbocycles. The van der Waals surface area contributed by atoms with E-state index in [1.807, 2.05) is 0 Å². The van der Waals surface area contributed by atoms with Crippen molar-refractivity contribution in [3.8, 4) is 5.75 Å². The van der Waals surface area contributed by atoms with Gasteiger partial charge in [-0.05, 0) is 42.2 Å². The molecule has 1 aromatic rings. The molecule has 3 nitrogen and oxygen atoms in total. The number of phenolic OH excluding ortho intramolecular Hbond substituents is 1. The number of hydrogen-bond acceptors (Lipinski definition) is 2. The quantitative estimate of drug-likeness (QED) is 0.746. The predicted octanol–water partition coefficient (Wildman–Crippen LogP) is 2.23. The Hall–Kier alpha value is -1.77. The van der Waals surface area contributed by atoms with Gasteiger partial charge in [-0.3, -0.25) is 4.79 Å². The molecule has 0 aliphatic heterocycles. The van der Waals surface area contributed by atoms with E-state index < -0.39 is 5.91 Å². The number of phenols is 1. The first-order chi connectivity index (χ1) is 7.63. The van der Waals surface area contributed by atoms with Crippen LogP contribution in [0.4, 0.5) is 0 Å². The monoisotopic (exact) mass is 219 g/mol. The molecule has 1 amide bonds. The fraction of sp³-hybridized carbons (Fsp3) is 0.308. The summed E-state index contributed by atoms with van der Waals surface area (Å²) in [4.78, 5) is 10.7. The number of nitrogens with two attached hydrogens (primary N) is 1. The van der Waals surface area contributed by atoms with Crippen LogP contribution in [-0.2, 0) is 11.2 Å². The van der Waals surface area contributed by atoms with Crippen LogP contribution in [-0.4, -0.2) is 11.0 Å². The molecule has 0 aliphatic rings. The first kappa shape index (κ1) is 12.3. The molecule has 0 radical (unpaired) electrons. The van der Waals surface area contributed by atoms with Gasteiger partial charge < -0.3 is 10.8 Å². The molecule has 86 valence electrons. The molecular weight excluding hydrogens is 202 g/mol. The van der Waals surface area contributed by atoms with Gasteiger partial charge in [0.15, 0.2) is 0 Å². The van der Waals surface area contributed by atoms with Crippen LogP contribution in [0.1, 0.15) is 30.9 Å². The highest BCUT2D eigenvalue weighted by Gasteiger charge is 2.01. The van der Waals surface area contributed by atoms with Gasteiger partial charge in [-0.1, -0.05) is 19.4 Å². The SMILES string of the molecule is CCCCc1cc(O)ccc1/C=C/C(N)=O. The summed E-state index contributed by atoms with van der Waals surface area (Å²) in [6.45, 7) is 2.11. The van der Waals surface area contributed by atoms with E-state index in [2.05, 4.69) is 6.92 Å². The number of benzene rings is 1. The average Bonchev–Trinajstić information content (AvgIpc) is 2.24. The van der Waals surface area contributed by atoms with Crippen molar-refractivity contribution in [1.29, 1.82) is 0 Å². The maximum Gasteiger partial charge on any atom is 0.241 e. The molecule has 0 aromatic heterocycles.